The maximum atomic E-state index is 11.9. The van der Waals surface area contributed by atoms with E-state index in [1.54, 1.807) is 0 Å². The SMILES string of the molecule is CC[C@@H](C=N)C([O])c1ccc([SH](=O)=O)cc1. The number of rotatable bonds is 5. The minimum atomic E-state index is -2.60. The standard InChI is InChI=1S/C11H14NO3S/c1-2-8(7-12)11(13)9-3-5-10(6-4-9)16(14)15/h3-8,11-12,16H,2H2,1H3/t8-,11?/m0/s1. The quantitative estimate of drug-likeness (QED) is 0.608. The average molecular weight is 240 g/mol. The van der Waals surface area contributed by atoms with Crippen molar-refractivity contribution >= 4 is 16.9 Å². The fraction of sp³-hybridized carbons (Fsp3) is 0.364. The van der Waals surface area contributed by atoms with Crippen LogP contribution in [-0.2, 0) is 15.8 Å². The molecule has 1 aromatic rings. The second-order valence-corrected chi connectivity index (χ2v) is 4.54. The molecule has 0 aliphatic heterocycles. The van der Waals surface area contributed by atoms with Crippen LogP contribution in [0, 0.1) is 11.3 Å². The van der Waals surface area contributed by atoms with Crippen LogP contribution in [0.4, 0.5) is 0 Å². The Bertz CT molecular complexity index is 417. The molecule has 0 aromatic heterocycles. The molecular formula is C11H14NO3S. The van der Waals surface area contributed by atoms with Gasteiger partial charge >= 0.3 is 0 Å². The lowest BCUT2D eigenvalue weighted by atomic mass is 9.95. The van der Waals surface area contributed by atoms with Crippen LogP contribution < -0.4 is 0 Å². The van der Waals surface area contributed by atoms with E-state index in [0.717, 1.165) is 6.21 Å². The van der Waals surface area contributed by atoms with Crippen molar-refractivity contribution in [1.82, 2.24) is 0 Å². The first-order valence-corrected chi connectivity index (χ1v) is 6.18. The second-order valence-electron chi connectivity index (χ2n) is 3.51. The van der Waals surface area contributed by atoms with Crippen molar-refractivity contribution in [3.8, 4) is 0 Å². The fourth-order valence-electron chi connectivity index (χ4n) is 1.45. The van der Waals surface area contributed by atoms with Gasteiger partial charge in [0, 0.05) is 12.1 Å². The number of thiol groups is 1. The molecule has 0 aliphatic rings. The van der Waals surface area contributed by atoms with Gasteiger partial charge in [-0.25, -0.2) is 13.5 Å². The largest absolute Gasteiger partial charge is 0.313 e. The molecule has 16 heavy (non-hydrogen) atoms. The highest BCUT2D eigenvalue weighted by Gasteiger charge is 2.18. The summed E-state index contributed by atoms with van der Waals surface area (Å²) in [6.45, 7) is 1.85. The smallest absolute Gasteiger partial charge is 0.168 e. The Morgan fingerprint density at radius 1 is 1.31 bits per heavy atom. The molecule has 5 heteroatoms. The molecule has 4 nitrogen and oxygen atoms in total. The van der Waals surface area contributed by atoms with Gasteiger partial charge in [0.25, 0.3) is 0 Å². The Morgan fingerprint density at radius 2 is 1.88 bits per heavy atom. The van der Waals surface area contributed by atoms with Crippen molar-refractivity contribution < 1.29 is 13.5 Å². The van der Waals surface area contributed by atoms with Gasteiger partial charge in [0.15, 0.2) is 10.7 Å². The van der Waals surface area contributed by atoms with Gasteiger partial charge in [0.2, 0.25) is 0 Å². The first-order valence-electron chi connectivity index (χ1n) is 5.01. The molecule has 0 amide bonds. The first-order chi connectivity index (χ1) is 7.60. The van der Waals surface area contributed by atoms with Gasteiger partial charge in [-0.05, 0) is 24.1 Å². The summed E-state index contributed by atoms with van der Waals surface area (Å²) in [6.07, 6.45) is 0.760. The van der Waals surface area contributed by atoms with E-state index < -0.39 is 16.8 Å². The summed E-state index contributed by atoms with van der Waals surface area (Å²) < 4.78 is 21.3. The van der Waals surface area contributed by atoms with E-state index in [2.05, 4.69) is 0 Å². The molecule has 0 saturated heterocycles. The summed E-state index contributed by atoms with van der Waals surface area (Å²) in [6, 6.07) is 5.87. The molecular weight excluding hydrogens is 226 g/mol. The molecule has 0 heterocycles. The zero-order chi connectivity index (χ0) is 12.1. The second kappa shape index (κ2) is 5.77. The summed E-state index contributed by atoms with van der Waals surface area (Å²) >= 11 is 0. The molecule has 1 rings (SSSR count). The highest BCUT2D eigenvalue weighted by atomic mass is 32.2. The Balaban J connectivity index is 2.92. The van der Waals surface area contributed by atoms with E-state index in [1.165, 1.54) is 24.3 Å². The van der Waals surface area contributed by atoms with Gasteiger partial charge in [-0.3, -0.25) is 0 Å². The Labute approximate surface area is 96.4 Å². The van der Waals surface area contributed by atoms with Gasteiger partial charge in [-0.1, -0.05) is 19.1 Å². The maximum absolute atomic E-state index is 11.9. The molecule has 0 aliphatic carbocycles. The predicted octanol–water partition coefficient (Wildman–Crippen LogP) is 1.80. The normalized spacial score (nSPS) is 14.7. The minimum absolute atomic E-state index is 0.203. The van der Waals surface area contributed by atoms with Gasteiger partial charge in [-0.2, -0.15) is 0 Å². The van der Waals surface area contributed by atoms with Crippen LogP contribution in [-0.4, -0.2) is 14.6 Å². The van der Waals surface area contributed by atoms with E-state index in [1.807, 2.05) is 6.92 Å². The molecule has 0 bridgehead atoms. The van der Waals surface area contributed by atoms with E-state index in [9.17, 15) is 13.5 Å². The highest BCUT2D eigenvalue weighted by Crippen LogP contribution is 2.24. The van der Waals surface area contributed by atoms with Crippen LogP contribution in [0.15, 0.2) is 29.2 Å². The molecule has 2 atom stereocenters. The summed E-state index contributed by atoms with van der Waals surface area (Å²) in [5.41, 5.74) is 0.524. The zero-order valence-corrected chi connectivity index (χ0v) is 9.81. The van der Waals surface area contributed by atoms with E-state index in [4.69, 9.17) is 5.41 Å². The summed E-state index contributed by atoms with van der Waals surface area (Å²) in [4.78, 5) is 0.203. The van der Waals surface area contributed by atoms with E-state index >= 15 is 0 Å². The summed E-state index contributed by atoms with van der Waals surface area (Å²) in [7, 11) is -2.60. The van der Waals surface area contributed by atoms with Crippen LogP contribution in [0.25, 0.3) is 0 Å². The molecule has 1 radical (unpaired) electrons. The van der Waals surface area contributed by atoms with Gasteiger partial charge < -0.3 is 5.41 Å². The third-order valence-corrected chi connectivity index (χ3v) is 3.23. The van der Waals surface area contributed by atoms with Crippen LogP contribution in [0.2, 0.25) is 0 Å². The first kappa shape index (κ1) is 12.9. The molecule has 1 unspecified atom stereocenters. The van der Waals surface area contributed by atoms with Gasteiger partial charge in [0.1, 0.15) is 6.10 Å². The average Bonchev–Trinajstić information content (AvgIpc) is 2.30. The molecule has 1 N–H and O–H groups in total. The molecule has 0 spiro atoms. The molecule has 1 aromatic carbocycles. The number of benzene rings is 1. The Hall–Kier alpha value is -1.20. The van der Waals surface area contributed by atoms with E-state index in [0.29, 0.717) is 12.0 Å². The van der Waals surface area contributed by atoms with Crippen molar-refractivity contribution in [2.75, 3.05) is 0 Å². The number of hydrogen-bond donors (Lipinski definition) is 2. The fourth-order valence-corrected chi connectivity index (χ4v) is 1.84. The van der Waals surface area contributed by atoms with Gasteiger partial charge in [0.05, 0.1) is 4.90 Å². The number of hydrogen-bond acceptors (Lipinski definition) is 3. The van der Waals surface area contributed by atoms with Crippen molar-refractivity contribution in [1.29, 1.82) is 5.41 Å². The summed E-state index contributed by atoms with van der Waals surface area (Å²) in [5.74, 6) is -0.341. The number of nitrogens with one attached hydrogen (secondary N) is 1. The predicted molar refractivity (Wildman–Crippen MR) is 61.0 cm³/mol. The lowest BCUT2D eigenvalue weighted by Gasteiger charge is -2.15. The molecule has 0 saturated carbocycles. The van der Waals surface area contributed by atoms with Crippen molar-refractivity contribution in [3.05, 3.63) is 29.8 Å². The van der Waals surface area contributed by atoms with Crippen LogP contribution in [0.3, 0.4) is 0 Å². The van der Waals surface area contributed by atoms with Gasteiger partial charge in [-0.15, -0.1) is 0 Å². The van der Waals surface area contributed by atoms with E-state index in [-0.39, 0.29) is 10.8 Å². The monoisotopic (exact) mass is 240 g/mol. The summed E-state index contributed by atoms with van der Waals surface area (Å²) in [5, 5.41) is 19.0. The molecule has 87 valence electrons. The van der Waals surface area contributed by atoms with Crippen LogP contribution in [0.5, 0.6) is 0 Å². The van der Waals surface area contributed by atoms with Crippen molar-refractivity contribution in [3.63, 3.8) is 0 Å². The third kappa shape index (κ3) is 2.90. The zero-order valence-electron chi connectivity index (χ0n) is 8.92. The Morgan fingerprint density at radius 3 is 2.25 bits per heavy atom. The van der Waals surface area contributed by atoms with Crippen molar-refractivity contribution in [2.45, 2.75) is 24.3 Å². The van der Waals surface area contributed by atoms with Crippen molar-refractivity contribution in [2.24, 2.45) is 5.92 Å². The lowest BCUT2D eigenvalue weighted by molar-refractivity contribution is 0.0592. The molecule has 0 fully saturated rings. The van der Waals surface area contributed by atoms with Crippen LogP contribution >= 0.6 is 0 Å². The lowest BCUT2D eigenvalue weighted by Crippen LogP contribution is -2.11. The minimum Gasteiger partial charge on any atom is -0.313 e. The maximum Gasteiger partial charge on any atom is 0.168 e. The Kier molecular flexibility index (Phi) is 4.64. The topological polar surface area (TPSA) is 77.9 Å². The highest BCUT2D eigenvalue weighted by molar-refractivity contribution is 7.72. The third-order valence-electron chi connectivity index (χ3n) is 2.51. The van der Waals surface area contributed by atoms with Crippen LogP contribution in [0.1, 0.15) is 25.0 Å².